The molecule has 0 aliphatic carbocycles. The first-order chi connectivity index (χ1) is 18.8. The molecule has 0 unspecified atom stereocenters. The van der Waals surface area contributed by atoms with E-state index in [0.717, 1.165) is 40.9 Å². The van der Waals surface area contributed by atoms with Gasteiger partial charge in [-0.05, 0) is 44.5 Å². The van der Waals surface area contributed by atoms with Gasteiger partial charge < -0.3 is 21.5 Å². The molecule has 5 N–H and O–H groups in total. The standard InChI is InChI=1S/C16H21FN4.C11H12N6O/c1-4-21(5-2)15-19-10-13(11-20-15)16(3,18)12-6-8-14(17)9-7-12;12-11-10-3-8(6-17(10)15-7-13-11)9-4-14-16(5-9)1-2-18/h6-11H,4-5,18H2,1-3H3;3-7,18H,1-2H2,(H2,12,13,15)/t16-;/m0./s1. The molecule has 39 heavy (non-hydrogen) atoms. The summed E-state index contributed by atoms with van der Waals surface area (Å²) in [5.74, 6) is 0.861. The highest BCUT2D eigenvalue weighted by molar-refractivity contribution is 5.75. The third-order valence-electron chi connectivity index (χ3n) is 6.46. The fraction of sp³-hybridized carbons (Fsp3) is 0.296. The molecule has 4 aromatic heterocycles. The van der Waals surface area contributed by atoms with E-state index in [1.807, 2.05) is 25.4 Å². The number of aliphatic hydroxyl groups is 1. The summed E-state index contributed by atoms with van der Waals surface area (Å²) in [4.78, 5) is 14.8. The smallest absolute Gasteiger partial charge is 0.225 e. The Bertz CT molecular complexity index is 1490. The fourth-order valence-electron chi connectivity index (χ4n) is 4.07. The van der Waals surface area contributed by atoms with Crippen LogP contribution in [-0.2, 0) is 12.1 Å². The molecule has 0 bridgehead atoms. The summed E-state index contributed by atoms with van der Waals surface area (Å²) in [6.07, 6.45) is 10.4. The molecule has 5 aromatic rings. The van der Waals surface area contributed by atoms with Crippen LogP contribution >= 0.6 is 0 Å². The number of benzene rings is 1. The monoisotopic (exact) mass is 532 g/mol. The number of nitrogens with two attached hydrogens (primary N) is 2. The van der Waals surface area contributed by atoms with E-state index in [1.54, 1.807) is 39.9 Å². The lowest BCUT2D eigenvalue weighted by Crippen LogP contribution is -2.35. The van der Waals surface area contributed by atoms with Crippen molar-refractivity contribution in [3.05, 3.63) is 84.6 Å². The van der Waals surface area contributed by atoms with Crippen molar-refractivity contribution in [2.45, 2.75) is 32.9 Å². The van der Waals surface area contributed by atoms with E-state index in [1.165, 1.54) is 18.5 Å². The Morgan fingerprint density at radius 2 is 1.64 bits per heavy atom. The van der Waals surface area contributed by atoms with E-state index in [4.69, 9.17) is 16.6 Å². The molecule has 5 rings (SSSR count). The molecule has 1 atom stereocenters. The predicted octanol–water partition coefficient (Wildman–Crippen LogP) is 2.85. The highest BCUT2D eigenvalue weighted by atomic mass is 19.1. The lowest BCUT2D eigenvalue weighted by Gasteiger charge is -2.26. The van der Waals surface area contributed by atoms with Gasteiger partial charge in [-0.25, -0.2) is 23.9 Å². The number of anilines is 2. The predicted molar refractivity (Wildman–Crippen MR) is 148 cm³/mol. The van der Waals surface area contributed by atoms with Crippen molar-refractivity contribution in [1.82, 2.24) is 34.3 Å². The van der Waals surface area contributed by atoms with Crippen LogP contribution in [0, 0.1) is 5.82 Å². The lowest BCUT2D eigenvalue weighted by atomic mass is 9.87. The second-order valence-electron chi connectivity index (χ2n) is 9.07. The molecular formula is C27H33FN10O. The minimum absolute atomic E-state index is 0.0667. The van der Waals surface area contributed by atoms with E-state index in [2.05, 4.69) is 43.9 Å². The second-order valence-corrected chi connectivity index (χ2v) is 9.07. The van der Waals surface area contributed by atoms with Gasteiger partial charge >= 0.3 is 0 Å². The Balaban J connectivity index is 0.000000183. The maximum atomic E-state index is 13.0. The molecule has 0 fully saturated rings. The minimum atomic E-state index is -0.754. The average Bonchev–Trinajstić information content (AvgIpc) is 3.59. The maximum absolute atomic E-state index is 13.0. The number of halogens is 1. The molecule has 0 aliphatic rings. The topological polar surface area (TPSA) is 149 Å². The molecule has 204 valence electrons. The largest absolute Gasteiger partial charge is 0.394 e. The van der Waals surface area contributed by atoms with Crippen LogP contribution in [0.1, 0.15) is 31.9 Å². The third kappa shape index (κ3) is 6.19. The van der Waals surface area contributed by atoms with E-state index < -0.39 is 5.54 Å². The van der Waals surface area contributed by atoms with Gasteiger partial charge in [-0.2, -0.15) is 10.2 Å². The van der Waals surface area contributed by atoms with Crippen LogP contribution in [0.25, 0.3) is 16.6 Å². The van der Waals surface area contributed by atoms with Crippen molar-refractivity contribution in [2.75, 3.05) is 30.3 Å². The molecule has 0 spiro atoms. The number of hydrogen-bond donors (Lipinski definition) is 3. The van der Waals surface area contributed by atoms with Gasteiger partial charge in [-0.1, -0.05) is 12.1 Å². The maximum Gasteiger partial charge on any atom is 0.225 e. The third-order valence-corrected chi connectivity index (χ3v) is 6.46. The molecule has 0 saturated carbocycles. The quantitative estimate of drug-likeness (QED) is 0.274. The van der Waals surface area contributed by atoms with Gasteiger partial charge in [0.05, 0.1) is 24.9 Å². The van der Waals surface area contributed by atoms with E-state index in [-0.39, 0.29) is 12.4 Å². The van der Waals surface area contributed by atoms with Crippen LogP contribution < -0.4 is 16.4 Å². The van der Waals surface area contributed by atoms with Gasteiger partial charge in [0.2, 0.25) is 5.95 Å². The Morgan fingerprint density at radius 1 is 0.949 bits per heavy atom. The van der Waals surface area contributed by atoms with Gasteiger partial charge in [-0.15, -0.1) is 0 Å². The highest BCUT2D eigenvalue weighted by Gasteiger charge is 2.25. The number of fused-ring (bicyclic) bond motifs is 1. The van der Waals surface area contributed by atoms with E-state index in [9.17, 15) is 4.39 Å². The molecule has 0 amide bonds. The molecule has 11 nitrogen and oxygen atoms in total. The van der Waals surface area contributed by atoms with Crippen molar-refractivity contribution in [3.63, 3.8) is 0 Å². The van der Waals surface area contributed by atoms with Crippen LogP contribution in [0.3, 0.4) is 0 Å². The lowest BCUT2D eigenvalue weighted by molar-refractivity contribution is 0.269. The van der Waals surface area contributed by atoms with Gasteiger partial charge in [0.15, 0.2) is 5.82 Å². The highest BCUT2D eigenvalue weighted by Crippen LogP contribution is 2.26. The Hall–Kier alpha value is -4.42. The Morgan fingerprint density at radius 3 is 2.26 bits per heavy atom. The number of rotatable bonds is 8. The Labute approximate surface area is 225 Å². The summed E-state index contributed by atoms with van der Waals surface area (Å²) in [5.41, 5.74) is 15.7. The van der Waals surface area contributed by atoms with Crippen molar-refractivity contribution < 1.29 is 9.50 Å². The van der Waals surface area contributed by atoms with Crippen molar-refractivity contribution >= 4 is 17.3 Å². The number of hydrogen-bond acceptors (Lipinski definition) is 9. The SMILES string of the molecule is CCN(CC)c1ncc([C@@](C)(N)c2ccc(F)cc2)cn1.Nc1ncnn2cc(-c3cnn(CCO)c3)cc12. The first-order valence-electron chi connectivity index (χ1n) is 12.6. The zero-order valence-electron chi connectivity index (χ0n) is 22.2. The van der Waals surface area contributed by atoms with Gasteiger partial charge in [0.25, 0.3) is 0 Å². The van der Waals surface area contributed by atoms with Gasteiger partial charge in [0, 0.05) is 54.6 Å². The zero-order valence-corrected chi connectivity index (χ0v) is 22.2. The summed E-state index contributed by atoms with van der Waals surface area (Å²) in [6.45, 7) is 8.25. The summed E-state index contributed by atoms with van der Waals surface area (Å²) >= 11 is 0. The fourth-order valence-corrected chi connectivity index (χ4v) is 4.07. The zero-order chi connectivity index (χ0) is 28.0. The van der Waals surface area contributed by atoms with E-state index >= 15 is 0 Å². The molecule has 0 radical (unpaired) electrons. The summed E-state index contributed by atoms with van der Waals surface area (Å²) in [7, 11) is 0. The summed E-state index contributed by atoms with van der Waals surface area (Å²) in [6, 6.07) is 8.11. The number of nitrogens with zero attached hydrogens (tertiary/aromatic N) is 8. The molecular weight excluding hydrogens is 499 g/mol. The van der Waals surface area contributed by atoms with Crippen LogP contribution in [0.5, 0.6) is 0 Å². The minimum Gasteiger partial charge on any atom is -0.394 e. The molecule has 0 aliphatic heterocycles. The van der Waals surface area contributed by atoms with Gasteiger partial charge in [-0.3, -0.25) is 4.68 Å². The molecule has 4 heterocycles. The number of aliphatic hydroxyl groups excluding tert-OH is 1. The Kier molecular flexibility index (Phi) is 8.47. The normalized spacial score (nSPS) is 12.6. The van der Waals surface area contributed by atoms with Crippen molar-refractivity contribution in [1.29, 1.82) is 0 Å². The van der Waals surface area contributed by atoms with Crippen molar-refractivity contribution in [2.24, 2.45) is 5.73 Å². The van der Waals surface area contributed by atoms with Crippen LogP contribution in [-0.4, -0.2) is 59.1 Å². The average molecular weight is 533 g/mol. The first kappa shape index (κ1) is 27.6. The van der Waals surface area contributed by atoms with Gasteiger partial charge in [0.1, 0.15) is 17.7 Å². The molecule has 12 heteroatoms. The van der Waals surface area contributed by atoms with Crippen LogP contribution in [0.4, 0.5) is 16.2 Å². The van der Waals surface area contributed by atoms with E-state index in [0.29, 0.717) is 18.3 Å². The van der Waals surface area contributed by atoms with Crippen LogP contribution in [0.15, 0.2) is 67.6 Å². The summed E-state index contributed by atoms with van der Waals surface area (Å²) < 4.78 is 16.4. The number of aromatic nitrogens is 7. The van der Waals surface area contributed by atoms with Crippen molar-refractivity contribution in [3.8, 4) is 11.1 Å². The molecule has 1 aromatic carbocycles. The van der Waals surface area contributed by atoms with Crippen LogP contribution in [0.2, 0.25) is 0 Å². The summed E-state index contributed by atoms with van der Waals surface area (Å²) in [5, 5.41) is 17.1. The molecule has 0 saturated heterocycles. The second kappa shape index (κ2) is 12.0. The first-order valence-corrected chi connectivity index (χ1v) is 12.6. The number of nitrogen functional groups attached to an aromatic ring is 1.